The number of hydrogen-bond donors (Lipinski definition) is 1. The number of nitrogens with zero attached hydrogens (tertiary/aromatic N) is 1. The summed E-state index contributed by atoms with van der Waals surface area (Å²) in [5.41, 5.74) is 3.75. The van der Waals surface area contributed by atoms with Crippen LogP contribution in [0.25, 0.3) is 0 Å². The van der Waals surface area contributed by atoms with Crippen LogP contribution < -0.4 is 5.32 Å². The zero-order valence-corrected chi connectivity index (χ0v) is 12.6. The predicted molar refractivity (Wildman–Crippen MR) is 83.5 cm³/mol. The van der Waals surface area contributed by atoms with E-state index in [0.29, 0.717) is 17.8 Å². The quantitative estimate of drug-likeness (QED) is 0.855. The van der Waals surface area contributed by atoms with Gasteiger partial charge >= 0.3 is 5.97 Å². The predicted octanol–water partition coefficient (Wildman–Crippen LogP) is 3.35. The fraction of sp³-hybridized carbons (Fsp3) is 0.294. The number of nitrogens with one attached hydrogen (secondary N) is 1. The van der Waals surface area contributed by atoms with Gasteiger partial charge in [0.2, 0.25) is 0 Å². The van der Waals surface area contributed by atoms with Crippen molar-refractivity contribution in [2.75, 3.05) is 12.4 Å². The van der Waals surface area contributed by atoms with E-state index >= 15 is 0 Å². The molecule has 4 heteroatoms. The lowest BCUT2D eigenvalue weighted by molar-refractivity contribution is 0.0599. The highest BCUT2D eigenvalue weighted by Gasteiger charge is 2.10. The average Bonchev–Trinajstić information content (AvgIpc) is 2.52. The molecule has 0 atom stereocenters. The van der Waals surface area contributed by atoms with E-state index in [-0.39, 0.29) is 5.97 Å². The van der Waals surface area contributed by atoms with Gasteiger partial charge in [-0.3, -0.25) is 0 Å². The van der Waals surface area contributed by atoms with Crippen LogP contribution >= 0.6 is 0 Å². The SMILES string of the molecule is CCc1ccccc1CNc1ccc(C(=O)OC)c(C)n1. The Balaban J connectivity index is 2.10. The lowest BCUT2D eigenvalue weighted by Crippen LogP contribution is -2.08. The Labute approximate surface area is 125 Å². The second kappa shape index (κ2) is 6.88. The van der Waals surface area contributed by atoms with Crippen LogP contribution in [-0.4, -0.2) is 18.1 Å². The molecular weight excluding hydrogens is 264 g/mol. The van der Waals surface area contributed by atoms with Crippen molar-refractivity contribution >= 4 is 11.8 Å². The van der Waals surface area contributed by atoms with Gasteiger partial charge < -0.3 is 10.1 Å². The number of hydrogen-bond acceptors (Lipinski definition) is 4. The number of aromatic nitrogens is 1. The van der Waals surface area contributed by atoms with E-state index in [1.54, 1.807) is 19.1 Å². The average molecular weight is 284 g/mol. The van der Waals surface area contributed by atoms with Crippen LogP contribution in [0.1, 0.15) is 34.1 Å². The summed E-state index contributed by atoms with van der Waals surface area (Å²) in [6.07, 6.45) is 1.01. The normalized spacial score (nSPS) is 10.2. The maximum atomic E-state index is 11.5. The monoisotopic (exact) mass is 284 g/mol. The van der Waals surface area contributed by atoms with Gasteiger partial charge in [-0.15, -0.1) is 0 Å². The molecule has 0 fully saturated rings. The van der Waals surface area contributed by atoms with Crippen LogP contribution in [0, 0.1) is 6.92 Å². The van der Waals surface area contributed by atoms with Gasteiger partial charge in [0.25, 0.3) is 0 Å². The molecule has 21 heavy (non-hydrogen) atoms. The zero-order valence-electron chi connectivity index (χ0n) is 12.6. The van der Waals surface area contributed by atoms with Crippen LogP contribution in [0.5, 0.6) is 0 Å². The van der Waals surface area contributed by atoms with Crippen molar-refractivity contribution in [3.63, 3.8) is 0 Å². The Bertz CT molecular complexity index is 638. The fourth-order valence-corrected chi connectivity index (χ4v) is 2.25. The topological polar surface area (TPSA) is 51.2 Å². The molecule has 0 aliphatic heterocycles. The van der Waals surface area contributed by atoms with Gasteiger partial charge in [-0.1, -0.05) is 31.2 Å². The first-order valence-corrected chi connectivity index (χ1v) is 7.02. The van der Waals surface area contributed by atoms with E-state index in [1.807, 2.05) is 6.07 Å². The Morgan fingerprint density at radius 2 is 1.90 bits per heavy atom. The third-order valence-corrected chi connectivity index (χ3v) is 3.45. The third-order valence-electron chi connectivity index (χ3n) is 3.45. The lowest BCUT2D eigenvalue weighted by Gasteiger charge is -2.11. The number of ether oxygens (including phenoxy) is 1. The fourth-order valence-electron chi connectivity index (χ4n) is 2.25. The Kier molecular flexibility index (Phi) is 4.93. The Morgan fingerprint density at radius 3 is 2.52 bits per heavy atom. The van der Waals surface area contributed by atoms with Gasteiger partial charge in [0, 0.05) is 6.54 Å². The van der Waals surface area contributed by atoms with Crippen molar-refractivity contribution in [2.24, 2.45) is 0 Å². The summed E-state index contributed by atoms with van der Waals surface area (Å²) in [7, 11) is 1.37. The Hall–Kier alpha value is -2.36. The van der Waals surface area contributed by atoms with Crippen molar-refractivity contribution < 1.29 is 9.53 Å². The Morgan fingerprint density at radius 1 is 1.19 bits per heavy atom. The first kappa shape index (κ1) is 15.0. The highest BCUT2D eigenvalue weighted by molar-refractivity contribution is 5.90. The van der Waals surface area contributed by atoms with Gasteiger partial charge in [0.1, 0.15) is 5.82 Å². The van der Waals surface area contributed by atoms with Crippen LogP contribution in [0.3, 0.4) is 0 Å². The summed E-state index contributed by atoms with van der Waals surface area (Å²) in [5.74, 6) is 0.397. The molecule has 0 bridgehead atoms. The van der Waals surface area contributed by atoms with E-state index in [1.165, 1.54) is 18.2 Å². The highest BCUT2D eigenvalue weighted by atomic mass is 16.5. The summed E-state index contributed by atoms with van der Waals surface area (Å²) in [6.45, 7) is 4.66. The molecule has 4 nitrogen and oxygen atoms in total. The first-order valence-electron chi connectivity index (χ1n) is 7.02. The highest BCUT2D eigenvalue weighted by Crippen LogP contribution is 2.14. The molecule has 1 aromatic heterocycles. The maximum Gasteiger partial charge on any atom is 0.339 e. The second-order valence-electron chi connectivity index (χ2n) is 4.80. The molecule has 0 amide bonds. The zero-order chi connectivity index (χ0) is 15.2. The van der Waals surface area contributed by atoms with E-state index in [0.717, 1.165) is 12.2 Å². The molecule has 0 aliphatic carbocycles. The molecule has 0 spiro atoms. The number of methoxy groups -OCH3 is 1. The van der Waals surface area contributed by atoms with Crippen LogP contribution in [0.4, 0.5) is 5.82 Å². The number of aryl methyl sites for hydroxylation is 2. The minimum atomic E-state index is -0.358. The van der Waals surface area contributed by atoms with Gasteiger partial charge in [0.15, 0.2) is 0 Å². The van der Waals surface area contributed by atoms with Gasteiger partial charge in [-0.25, -0.2) is 9.78 Å². The van der Waals surface area contributed by atoms with E-state index in [2.05, 4.69) is 35.4 Å². The number of anilines is 1. The lowest BCUT2D eigenvalue weighted by atomic mass is 10.1. The summed E-state index contributed by atoms with van der Waals surface area (Å²) < 4.78 is 4.72. The van der Waals surface area contributed by atoms with Gasteiger partial charge in [-0.2, -0.15) is 0 Å². The molecular formula is C17H20N2O2. The molecule has 2 rings (SSSR count). The number of pyridine rings is 1. The number of carbonyl (C=O) groups is 1. The molecule has 0 saturated carbocycles. The number of benzene rings is 1. The molecule has 0 unspecified atom stereocenters. The molecule has 1 aromatic carbocycles. The number of esters is 1. The minimum absolute atomic E-state index is 0.358. The van der Waals surface area contributed by atoms with Crippen molar-refractivity contribution in [3.05, 3.63) is 58.8 Å². The largest absolute Gasteiger partial charge is 0.465 e. The smallest absolute Gasteiger partial charge is 0.339 e. The van der Waals surface area contributed by atoms with Crippen molar-refractivity contribution in [1.29, 1.82) is 0 Å². The molecule has 0 radical (unpaired) electrons. The molecule has 0 aliphatic rings. The third kappa shape index (κ3) is 3.60. The van der Waals surface area contributed by atoms with Crippen molar-refractivity contribution in [2.45, 2.75) is 26.8 Å². The van der Waals surface area contributed by atoms with E-state index in [9.17, 15) is 4.79 Å². The summed E-state index contributed by atoms with van der Waals surface area (Å²) in [6, 6.07) is 11.9. The number of carbonyl (C=O) groups excluding carboxylic acids is 1. The van der Waals surface area contributed by atoms with Crippen molar-refractivity contribution in [1.82, 2.24) is 4.98 Å². The van der Waals surface area contributed by atoms with Crippen LogP contribution in [0.2, 0.25) is 0 Å². The standard InChI is InChI=1S/C17H20N2O2/c1-4-13-7-5-6-8-14(13)11-18-16-10-9-15(12(2)19-16)17(20)21-3/h5-10H,4,11H2,1-3H3,(H,18,19). The van der Waals surface area contributed by atoms with Crippen LogP contribution in [0.15, 0.2) is 36.4 Å². The summed E-state index contributed by atoms with van der Waals surface area (Å²) >= 11 is 0. The summed E-state index contributed by atoms with van der Waals surface area (Å²) in [4.78, 5) is 15.9. The van der Waals surface area contributed by atoms with Gasteiger partial charge in [0.05, 0.1) is 18.4 Å². The molecule has 1 heterocycles. The minimum Gasteiger partial charge on any atom is -0.465 e. The number of rotatable bonds is 5. The second-order valence-corrected chi connectivity index (χ2v) is 4.80. The van der Waals surface area contributed by atoms with Gasteiger partial charge in [-0.05, 0) is 36.6 Å². The van der Waals surface area contributed by atoms with E-state index in [4.69, 9.17) is 4.74 Å². The van der Waals surface area contributed by atoms with Crippen LogP contribution in [-0.2, 0) is 17.7 Å². The molecule has 2 aromatic rings. The molecule has 0 saturated heterocycles. The first-order chi connectivity index (χ1) is 10.2. The molecule has 110 valence electrons. The van der Waals surface area contributed by atoms with E-state index < -0.39 is 0 Å². The summed E-state index contributed by atoms with van der Waals surface area (Å²) in [5, 5.41) is 3.30. The molecule has 1 N–H and O–H groups in total. The maximum absolute atomic E-state index is 11.5. The van der Waals surface area contributed by atoms with Crippen molar-refractivity contribution in [3.8, 4) is 0 Å².